The van der Waals surface area contributed by atoms with Crippen LogP contribution in [0, 0.1) is 5.82 Å². The van der Waals surface area contributed by atoms with Crippen LogP contribution in [0.15, 0.2) is 12.1 Å². The van der Waals surface area contributed by atoms with Crippen LogP contribution >= 0.6 is 35.0 Å². The number of aryl methyl sites for hydroxylation is 1. The van der Waals surface area contributed by atoms with Gasteiger partial charge in [0.2, 0.25) is 0 Å². The Morgan fingerprint density at radius 3 is 3.00 bits per heavy atom. The molecule has 0 N–H and O–H groups in total. The molecule has 1 aromatic carbocycles. The maximum Gasteiger partial charge on any atom is 0.144 e. The molecule has 1 fully saturated rings. The molecule has 1 saturated heterocycles. The Balaban J connectivity index is 2.04. The van der Waals surface area contributed by atoms with Crippen LogP contribution in [0.5, 0.6) is 0 Å². The number of fused-ring (bicyclic) bond motifs is 1. The first-order valence-electron chi connectivity index (χ1n) is 6.71. The van der Waals surface area contributed by atoms with Crippen molar-refractivity contribution in [3.05, 3.63) is 28.8 Å². The van der Waals surface area contributed by atoms with Gasteiger partial charge in [0.05, 0.1) is 16.1 Å². The van der Waals surface area contributed by atoms with E-state index in [1.54, 1.807) is 6.07 Å². The van der Waals surface area contributed by atoms with E-state index >= 15 is 0 Å². The summed E-state index contributed by atoms with van der Waals surface area (Å²) in [6.45, 7) is 0.898. The number of thioether (sulfide) groups is 1. The number of hydrogen-bond acceptors (Lipinski definition) is 2. The van der Waals surface area contributed by atoms with Gasteiger partial charge in [-0.2, -0.15) is 11.8 Å². The second kappa shape index (κ2) is 6.12. The molecule has 0 saturated carbocycles. The van der Waals surface area contributed by atoms with Gasteiger partial charge in [-0.25, -0.2) is 9.37 Å². The highest BCUT2D eigenvalue weighted by Crippen LogP contribution is 2.30. The number of hydrogen-bond donors (Lipinski definition) is 0. The molecule has 6 heteroatoms. The average molecular weight is 333 g/mol. The Morgan fingerprint density at radius 2 is 2.30 bits per heavy atom. The van der Waals surface area contributed by atoms with E-state index in [-0.39, 0.29) is 5.02 Å². The van der Waals surface area contributed by atoms with Crippen molar-refractivity contribution < 1.29 is 4.39 Å². The lowest BCUT2D eigenvalue weighted by atomic mass is 10.2. The quantitative estimate of drug-likeness (QED) is 0.767. The summed E-state index contributed by atoms with van der Waals surface area (Å²) < 4.78 is 15.7. The summed E-state index contributed by atoms with van der Waals surface area (Å²) in [5.41, 5.74) is 1.57. The normalized spacial score (nSPS) is 19.1. The van der Waals surface area contributed by atoms with Crippen LogP contribution in [0.2, 0.25) is 5.02 Å². The van der Waals surface area contributed by atoms with Gasteiger partial charge in [-0.3, -0.25) is 0 Å². The average Bonchev–Trinajstić information content (AvgIpc) is 3.02. The Kier molecular flexibility index (Phi) is 4.43. The Hall–Kier alpha value is -0.450. The monoisotopic (exact) mass is 332 g/mol. The van der Waals surface area contributed by atoms with E-state index in [0.717, 1.165) is 17.9 Å². The van der Waals surface area contributed by atoms with Gasteiger partial charge >= 0.3 is 0 Å². The summed E-state index contributed by atoms with van der Waals surface area (Å²) in [5, 5.41) is 0.750. The smallest absolute Gasteiger partial charge is 0.144 e. The van der Waals surface area contributed by atoms with Crippen LogP contribution in [0.25, 0.3) is 11.0 Å². The summed E-state index contributed by atoms with van der Waals surface area (Å²) in [7, 11) is 0. The first-order valence-corrected chi connectivity index (χ1v) is 8.67. The van der Waals surface area contributed by atoms with Gasteiger partial charge in [0.1, 0.15) is 11.6 Å². The molecule has 2 nitrogen and oxygen atoms in total. The van der Waals surface area contributed by atoms with E-state index in [4.69, 9.17) is 23.2 Å². The molecule has 1 atom stereocenters. The van der Waals surface area contributed by atoms with Crippen LogP contribution < -0.4 is 0 Å². The second-order valence-electron chi connectivity index (χ2n) is 4.97. The molecule has 0 radical (unpaired) electrons. The fourth-order valence-corrected chi connectivity index (χ4v) is 4.22. The summed E-state index contributed by atoms with van der Waals surface area (Å²) >= 11 is 13.8. The summed E-state index contributed by atoms with van der Waals surface area (Å²) in [6, 6.07) is 3.09. The zero-order valence-electron chi connectivity index (χ0n) is 10.9. The fourth-order valence-electron chi connectivity index (χ4n) is 2.64. The first-order chi connectivity index (χ1) is 9.69. The minimum absolute atomic E-state index is 0.148. The molecule has 1 aromatic heterocycles. The molecule has 0 bridgehead atoms. The highest BCUT2D eigenvalue weighted by Gasteiger charge is 2.20. The Labute approximate surface area is 131 Å². The first kappa shape index (κ1) is 14.5. The largest absolute Gasteiger partial charge is 0.327 e. The predicted octanol–water partition coefficient (Wildman–Crippen LogP) is 4.51. The van der Waals surface area contributed by atoms with Crippen LogP contribution in [-0.4, -0.2) is 26.4 Å². The highest BCUT2D eigenvalue weighted by molar-refractivity contribution is 8.00. The standard InChI is InChI=1S/C14H15Cl2FN2S/c15-4-3-14-18-12-7-11(17)10(16)6-13(12)19(14)8-9-2-1-5-20-9/h6-7,9H,1-5,8H2. The van der Waals surface area contributed by atoms with Crippen molar-refractivity contribution in [2.24, 2.45) is 0 Å². The molecule has 20 heavy (non-hydrogen) atoms. The van der Waals surface area contributed by atoms with E-state index in [1.807, 2.05) is 11.8 Å². The lowest BCUT2D eigenvalue weighted by molar-refractivity contribution is 0.624. The van der Waals surface area contributed by atoms with Crippen molar-refractivity contribution >= 4 is 46.0 Å². The second-order valence-corrected chi connectivity index (χ2v) is 7.16. The summed E-state index contributed by atoms with van der Waals surface area (Å²) in [6.07, 6.45) is 3.18. The number of alkyl halides is 1. The Bertz CT molecular complexity index is 623. The van der Waals surface area contributed by atoms with Crippen molar-refractivity contribution in [1.29, 1.82) is 0 Å². The maximum absolute atomic E-state index is 13.6. The minimum Gasteiger partial charge on any atom is -0.327 e. The van der Waals surface area contributed by atoms with E-state index in [1.165, 1.54) is 24.7 Å². The van der Waals surface area contributed by atoms with Gasteiger partial charge in [0.15, 0.2) is 0 Å². The van der Waals surface area contributed by atoms with Crippen molar-refractivity contribution in [2.75, 3.05) is 11.6 Å². The van der Waals surface area contributed by atoms with Crippen LogP contribution in [-0.2, 0) is 13.0 Å². The van der Waals surface area contributed by atoms with E-state index in [0.29, 0.717) is 23.1 Å². The molecule has 1 aliphatic rings. The van der Waals surface area contributed by atoms with Gasteiger partial charge in [-0.15, -0.1) is 11.6 Å². The zero-order valence-corrected chi connectivity index (χ0v) is 13.2. The molecular weight excluding hydrogens is 318 g/mol. The molecular formula is C14H15Cl2FN2S. The van der Waals surface area contributed by atoms with Crippen LogP contribution in [0.1, 0.15) is 18.7 Å². The van der Waals surface area contributed by atoms with Crippen LogP contribution in [0.4, 0.5) is 4.39 Å². The minimum atomic E-state index is -0.420. The Morgan fingerprint density at radius 1 is 1.45 bits per heavy atom. The third-order valence-electron chi connectivity index (χ3n) is 3.60. The lowest BCUT2D eigenvalue weighted by Gasteiger charge is -2.13. The van der Waals surface area contributed by atoms with Crippen molar-refractivity contribution in [1.82, 2.24) is 9.55 Å². The molecule has 0 spiro atoms. The summed E-state index contributed by atoms with van der Waals surface area (Å²) in [4.78, 5) is 4.52. The maximum atomic E-state index is 13.6. The highest BCUT2D eigenvalue weighted by atomic mass is 35.5. The molecule has 3 rings (SSSR count). The number of halogens is 3. The summed E-state index contributed by atoms with van der Waals surface area (Å²) in [5.74, 6) is 2.23. The number of aromatic nitrogens is 2. The number of benzene rings is 1. The molecule has 1 unspecified atom stereocenters. The molecule has 1 aliphatic heterocycles. The van der Waals surface area contributed by atoms with Crippen molar-refractivity contribution in [3.8, 4) is 0 Å². The van der Waals surface area contributed by atoms with E-state index in [2.05, 4.69) is 9.55 Å². The molecule has 2 heterocycles. The zero-order chi connectivity index (χ0) is 14.1. The molecule has 2 aromatic rings. The number of imidazole rings is 1. The van der Waals surface area contributed by atoms with Crippen molar-refractivity contribution in [3.63, 3.8) is 0 Å². The molecule has 108 valence electrons. The van der Waals surface area contributed by atoms with Gasteiger partial charge in [0.25, 0.3) is 0 Å². The van der Waals surface area contributed by atoms with Crippen molar-refractivity contribution in [2.45, 2.75) is 31.1 Å². The topological polar surface area (TPSA) is 17.8 Å². The van der Waals surface area contributed by atoms with E-state index in [9.17, 15) is 4.39 Å². The number of rotatable bonds is 4. The van der Waals surface area contributed by atoms with Gasteiger partial charge < -0.3 is 4.57 Å². The van der Waals surface area contributed by atoms with Gasteiger partial charge in [-0.05, 0) is 24.7 Å². The third-order valence-corrected chi connectivity index (χ3v) is 5.46. The predicted molar refractivity (Wildman–Crippen MR) is 84.6 cm³/mol. The van der Waals surface area contributed by atoms with Gasteiger partial charge in [-0.1, -0.05) is 11.6 Å². The molecule has 0 amide bonds. The SMILES string of the molecule is Fc1cc2nc(CCCl)n(CC3CCCS3)c2cc1Cl. The lowest BCUT2D eigenvalue weighted by Crippen LogP contribution is -2.13. The van der Waals surface area contributed by atoms with Crippen LogP contribution in [0.3, 0.4) is 0 Å². The van der Waals surface area contributed by atoms with E-state index < -0.39 is 5.82 Å². The molecule has 0 aliphatic carbocycles. The van der Waals surface area contributed by atoms with Gasteiger partial charge in [0, 0.05) is 30.2 Å². The number of nitrogens with zero attached hydrogens (tertiary/aromatic N) is 2. The fraction of sp³-hybridized carbons (Fsp3) is 0.500. The third kappa shape index (κ3) is 2.78.